The molecule has 0 heterocycles. The quantitative estimate of drug-likeness (QED) is 0.661. The normalized spacial score (nSPS) is 27.8. The van der Waals surface area contributed by atoms with Crippen LogP contribution in [0.1, 0.15) is 33.1 Å². The molecule has 1 unspecified atom stereocenters. The first-order valence-electron chi connectivity index (χ1n) is 5.42. The van der Waals surface area contributed by atoms with Gasteiger partial charge in [0.1, 0.15) is 5.78 Å². The molecule has 0 radical (unpaired) electrons. The van der Waals surface area contributed by atoms with Crippen molar-refractivity contribution in [2.45, 2.75) is 58.9 Å². The molecule has 1 atom stereocenters. The van der Waals surface area contributed by atoms with E-state index in [9.17, 15) is 4.79 Å². The average molecular weight is 214 g/mol. The average Bonchev–Trinajstić information content (AvgIpc) is 1.95. The fourth-order valence-electron chi connectivity index (χ4n) is 1.85. The van der Waals surface area contributed by atoms with Crippen LogP contribution in [0.5, 0.6) is 0 Å². The summed E-state index contributed by atoms with van der Waals surface area (Å²) in [5.41, 5.74) is -0.112. The van der Waals surface area contributed by atoms with Gasteiger partial charge in [0.2, 0.25) is 0 Å². The Kier molecular flexibility index (Phi) is 3.22. The second-order valence-corrected chi connectivity index (χ2v) is 10.4. The number of hydrogen-bond donors (Lipinski definition) is 0. The summed E-state index contributed by atoms with van der Waals surface area (Å²) >= 11 is 0. The van der Waals surface area contributed by atoms with Gasteiger partial charge in [-0.3, -0.25) is 4.79 Å². The van der Waals surface area contributed by atoms with Crippen molar-refractivity contribution in [2.75, 3.05) is 0 Å². The van der Waals surface area contributed by atoms with E-state index in [1.165, 1.54) is 0 Å². The highest BCUT2D eigenvalue weighted by molar-refractivity contribution is 6.69. The van der Waals surface area contributed by atoms with E-state index in [1.54, 1.807) is 0 Å². The fraction of sp³-hybridized carbons (Fsp3) is 0.909. The van der Waals surface area contributed by atoms with Crippen LogP contribution in [-0.2, 0) is 9.22 Å². The first-order valence-corrected chi connectivity index (χ1v) is 8.83. The molecule has 0 aromatic carbocycles. The number of Topliss-reactive ketones (excluding diaryl/α,β-unsaturated/α-hetero) is 1. The van der Waals surface area contributed by atoms with E-state index in [2.05, 4.69) is 19.6 Å². The van der Waals surface area contributed by atoms with Gasteiger partial charge < -0.3 is 4.43 Å². The van der Waals surface area contributed by atoms with Gasteiger partial charge in [0, 0.05) is 11.8 Å². The molecule has 0 bridgehead atoms. The minimum Gasteiger partial charge on any atom is -0.414 e. The van der Waals surface area contributed by atoms with Crippen LogP contribution in [0.15, 0.2) is 0 Å². The molecule has 0 N–H and O–H groups in total. The number of rotatable bonds is 2. The highest BCUT2D eigenvalue weighted by Crippen LogP contribution is 2.34. The molecule has 1 saturated carbocycles. The molecule has 0 aromatic heterocycles. The highest BCUT2D eigenvalue weighted by atomic mass is 28.4. The van der Waals surface area contributed by atoms with E-state index in [0.29, 0.717) is 12.2 Å². The maximum atomic E-state index is 11.7. The van der Waals surface area contributed by atoms with Crippen LogP contribution >= 0.6 is 0 Å². The van der Waals surface area contributed by atoms with E-state index < -0.39 is 8.32 Å². The molecule has 0 aliphatic heterocycles. The Labute approximate surface area is 88.2 Å². The number of hydrogen-bond acceptors (Lipinski definition) is 2. The smallest absolute Gasteiger partial charge is 0.184 e. The van der Waals surface area contributed by atoms with Crippen LogP contribution in [0.3, 0.4) is 0 Å². The Morgan fingerprint density at radius 1 is 1.36 bits per heavy atom. The molecule has 2 nitrogen and oxygen atoms in total. The van der Waals surface area contributed by atoms with Crippen molar-refractivity contribution in [3.63, 3.8) is 0 Å². The van der Waals surface area contributed by atoms with Crippen LogP contribution in [0, 0.1) is 5.41 Å². The largest absolute Gasteiger partial charge is 0.414 e. The SMILES string of the molecule is CC1(C)CCC(O[Si](C)(C)C)CC1=O. The molecule has 1 fully saturated rings. The third-order valence-corrected chi connectivity index (χ3v) is 3.82. The van der Waals surface area contributed by atoms with Gasteiger partial charge in [-0.25, -0.2) is 0 Å². The van der Waals surface area contributed by atoms with E-state index in [1.807, 2.05) is 13.8 Å². The molecular weight excluding hydrogens is 192 g/mol. The van der Waals surface area contributed by atoms with Crippen molar-refractivity contribution in [3.05, 3.63) is 0 Å². The zero-order chi connectivity index (χ0) is 11.0. The summed E-state index contributed by atoms with van der Waals surface area (Å²) < 4.78 is 5.96. The summed E-state index contributed by atoms with van der Waals surface area (Å²) in [6.45, 7) is 10.6. The van der Waals surface area contributed by atoms with Crippen LogP contribution < -0.4 is 0 Å². The molecule has 1 rings (SSSR count). The first kappa shape index (κ1) is 11.9. The van der Waals surface area contributed by atoms with Crippen molar-refractivity contribution < 1.29 is 9.22 Å². The lowest BCUT2D eigenvalue weighted by Gasteiger charge is -2.35. The Morgan fingerprint density at radius 3 is 2.36 bits per heavy atom. The third-order valence-electron chi connectivity index (χ3n) is 2.78. The second-order valence-electron chi connectivity index (χ2n) is 5.90. The van der Waals surface area contributed by atoms with E-state index in [0.717, 1.165) is 12.8 Å². The van der Waals surface area contributed by atoms with Crippen LogP contribution in [0.25, 0.3) is 0 Å². The number of ketones is 1. The van der Waals surface area contributed by atoms with Crippen molar-refractivity contribution in [2.24, 2.45) is 5.41 Å². The minimum absolute atomic E-state index is 0.112. The van der Waals surface area contributed by atoms with Crippen LogP contribution in [0.4, 0.5) is 0 Å². The molecule has 82 valence electrons. The van der Waals surface area contributed by atoms with Gasteiger partial charge in [-0.15, -0.1) is 0 Å². The van der Waals surface area contributed by atoms with Crippen molar-refractivity contribution >= 4 is 14.1 Å². The highest BCUT2D eigenvalue weighted by Gasteiger charge is 2.36. The van der Waals surface area contributed by atoms with E-state index >= 15 is 0 Å². The summed E-state index contributed by atoms with van der Waals surface area (Å²) in [5.74, 6) is 0.368. The molecule has 0 amide bonds. The summed E-state index contributed by atoms with van der Waals surface area (Å²) in [6.07, 6.45) is 2.84. The first-order chi connectivity index (χ1) is 6.21. The maximum Gasteiger partial charge on any atom is 0.184 e. The minimum atomic E-state index is -1.47. The van der Waals surface area contributed by atoms with Gasteiger partial charge in [-0.05, 0) is 32.5 Å². The Bertz CT molecular complexity index is 228. The summed E-state index contributed by atoms with van der Waals surface area (Å²) in [7, 11) is -1.47. The summed E-state index contributed by atoms with van der Waals surface area (Å²) in [6, 6.07) is 0. The molecule has 1 aliphatic rings. The van der Waals surface area contributed by atoms with Crippen molar-refractivity contribution in [1.29, 1.82) is 0 Å². The second kappa shape index (κ2) is 3.78. The molecule has 0 aromatic rings. The summed E-state index contributed by atoms with van der Waals surface area (Å²) in [5, 5.41) is 0. The van der Waals surface area contributed by atoms with Gasteiger partial charge in [0.15, 0.2) is 8.32 Å². The predicted molar refractivity (Wildman–Crippen MR) is 60.9 cm³/mol. The van der Waals surface area contributed by atoms with Gasteiger partial charge in [0.05, 0.1) is 6.10 Å². The van der Waals surface area contributed by atoms with E-state index in [4.69, 9.17) is 4.43 Å². The number of carbonyl (C=O) groups excluding carboxylic acids is 1. The lowest BCUT2D eigenvalue weighted by atomic mass is 9.75. The Balaban J connectivity index is 2.52. The van der Waals surface area contributed by atoms with Crippen LogP contribution in [-0.4, -0.2) is 20.2 Å². The van der Waals surface area contributed by atoms with Crippen LogP contribution in [0.2, 0.25) is 19.6 Å². The maximum absolute atomic E-state index is 11.7. The third kappa shape index (κ3) is 3.21. The standard InChI is InChI=1S/C11H22O2Si/c1-11(2)7-6-9(8-10(11)12)13-14(3,4)5/h9H,6-8H2,1-5H3. The molecular formula is C11H22O2Si. The summed E-state index contributed by atoms with van der Waals surface area (Å²) in [4.78, 5) is 11.7. The fourth-order valence-corrected chi connectivity index (χ4v) is 3.05. The zero-order valence-electron chi connectivity index (χ0n) is 10.0. The van der Waals surface area contributed by atoms with Gasteiger partial charge in [-0.1, -0.05) is 13.8 Å². The zero-order valence-corrected chi connectivity index (χ0v) is 11.0. The topological polar surface area (TPSA) is 26.3 Å². The molecule has 14 heavy (non-hydrogen) atoms. The lowest BCUT2D eigenvalue weighted by Crippen LogP contribution is -2.40. The molecule has 1 aliphatic carbocycles. The molecule has 3 heteroatoms. The molecule has 0 saturated heterocycles. The number of carbonyl (C=O) groups is 1. The predicted octanol–water partition coefficient (Wildman–Crippen LogP) is 2.99. The van der Waals surface area contributed by atoms with Gasteiger partial charge in [0.25, 0.3) is 0 Å². The Hall–Kier alpha value is -0.153. The van der Waals surface area contributed by atoms with E-state index in [-0.39, 0.29) is 11.5 Å². The lowest BCUT2D eigenvalue weighted by molar-refractivity contribution is -0.132. The monoisotopic (exact) mass is 214 g/mol. The Morgan fingerprint density at radius 2 is 1.93 bits per heavy atom. The van der Waals surface area contributed by atoms with Gasteiger partial charge in [-0.2, -0.15) is 0 Å². The van der Waals surface area contributed by atoms with Crippen molar-refractivity contribution in [1.82, 2.24) is 0 Å². The molecule has 0 spiro atoms. The van der Waals surface area contributed by atoms with Crippen molar-refractivity contribution in [3.8, 4) is 0 Å². The van der Waals surface area contributed by atoms with Gasteiger partial charge >= 0.3 is 0 Å².